The van der Waals surface area contributed by atoms with Crippen LogP contribution in [0, 0.1) is 3.57 Å². The molecule has 2 aromatic carbocycles. The first-order valence-electron chi connectivity index (χ1n) is 7.26. The van der Waals surface area contributed by atoms with E-state index in [0.29, 0.717) is 23.7 Å². The monoisotopic (exact) mass is 452 g/mol. The molecule has 0 spiro atoms. The molecule has 0 aliphatic carbocycles. The van der Waals surface area contributed by atoms with E-state index in [1.165, 1.54) is 6.33 Å². The molecule has 0 aliphatic heterocycles. The molecule has 1 aromatic heterocycles. The maximum atomic E-state index is 12.3. The molecule has 0 fully saturated rings. The molecular weight excluding hydrogens is 439 g/mol. The Labute approximate surface area is 158 Å². The largest absolute Gasteiger partial charge is 0.348 e. The predicted molar refractivity (Wildman–Crippen MR) is 101 cm³/mol. The van der Waals surface area contributed by atoms with Gasteiger partial charge in [-0.3, -0.25) is 4.79 Å². The maximum Gasteiger partial charge on any atom is 0.251 e. The smallest absolute Gasteiger partial charge is 0.251 e. The standard InChI is InChI=1S/C17H14ClIN4O/c18-15-6-5-12(7-16(15)19)17(24)21-8-13-3-1-2-4-14(13)9-23-11-20-10-22-23/h1-7,10-11H,8-9H2,(H,21,24). The van der Waals surface area contributed by atoms with Gasteiger partial charge < -0.3 is 5.32 Å². The Bertz CT molecular complexity index is 852. The van der Waals surface area contributed by atoms with Gasteiger partial charge in [-0.2, -0.15) is 5.10 Å². The lowest BCUT2D eigenvalue weighted by Crippen LogP contribution is -2.23. The molecule has 1 heterocycles. The molecule has 1 N–H and O–H groups in total. The zero-order valence-corrected chi connectivity index (χ0v) is 15.5. The number of aromatic nitrogens is 3. The van der Waals surface area contributed by atoms with Crippen LogP contribution in [0.3, 0.4) is 0 Å². The molecule has 1 amide bonds. The summed E-state index contributed by atoms with van der Waals surface area (Å²) in [6, 6.07) is 13.2. The molecule has 24 heavy (non-hydrogen) atoms. The third kappa shape index (κ3) is 4.12. The van der Waals surface area contributed by atoms with Gasteiger partial charge in [-0.25, -0.2) is 9.67 Å². The number of hydrogen-bond acceptors (Lipinski definition) is 3. The predicted octanol–water partition coefficient (Wildman–Crippen LogP) is 3.51. The minimum absolute atomic E-state index is 0.125. The summed E-state index contributed by atoms with van der Waals surface area (Å²) in [7, 11) is 0. The summed E-state index contributed by atoms with van der Waals surface area (Å²) in [6.07, 6.45) is 3.18. The number of rotatable bonds is 5. The van der Waals surface area contributed by atoms with Crippen molar-refractivity contribution in [1.29, 1.82) is 0 Å². The van der Waals surface area contributed by atoms with E-state index in [9.17, 15) is 4.79 Å². The highest BCUT2D eigenvalue weighted by Gasteiger charge is 2.09. The third-order valence-corrected chi connectivity index (χ3v) is 5.08. The van der Waals surface area contributed by atoms with Gasteiger partial charge >= 0.3 is 0 Å². The van der Waals surface area contributed by atoms with Gasteiger partial charge in [0.15, 0.2) is 0 Å². The van der Waals surface area contributed by atoms with E-state index < -0.39 is 0 Å². The third-order valence-electron chi connectivity index (χ3n) is 3.54. The number of carbonyl (C=O) groups is 1. The summed E-state index contributed by atoms with van der Waals surface area (Å²) in [5.41, 5.74) is 2.73. The van der Waals surface area contributed by atoms with E-state index in [4.69, 9.17) is 11.6 Å². The van der Waals surface area contributed by atoms with E-state index in [1.54, 1.807) is 29.2 Å². The van der Waals surface area contributed by atoms with Gasteiger partial charge in [0.2, 0.25) is 0 Å². The topological polar surface area (TPSA) is 59.8 Å². The molecule has 0 bridgehead atoms. The highest BCUT2D eigenvalue weighted by Crippen LogP contribution is 2.19. The normalized spacial score (nSPS) is 10.6. The average Bonchev–Trinajstić information content (AvgIpc) is 3.09. The lowest BCUT2D eigenvalue weighted by Gasteiger charge is -2.11. The van der Waals surface area contributed by atoms with Crippen LogP contribution in [0.5, 0.6) is 0 Å². The number of carbonyl (C=O) groups excluding carboxylic acids is 1. The summed E-state index contributed by atoms with van der Waals surface area (Å²) < 4.78 is 2.61. The van der Waals surface area contributed by atoms with Crippen molar-refractivity contribution in [3.63, 3.8) is 0 Å². The zero-order chi connectivity index (χ0) is 16.9. The summed E-state index contributed by atoms with van der Waals surface area (Å²) in [5.74, 6) is -0.125. The fraction of sp³-hybridized carbons (Fsp3) is 0.118. The van der Waals surface area contributed by atoms with Crippen LogP contribution in [0.1, 0.15) is 21.5 Å². The van der Waals surface area contributed by atoms with Crippen LogP contribution >= 0.6 is 34.2 Å². The number of nitrogens with zero attached hydrogens (tertiary/aromatic N) is 3. The van der Waals surface area contributed by atoms with E-state index >= 15 is 0 Å². The fourth-order valence-electron chi connectivity index (χ4n) is 2.29. The molecule has 7 heteroatoms. The second-order valence-electron chi connectivity index (χ2n) is 5.17. The van der Waals surface area contributed by atoms with Crippen molar-refractivity contribution in [2.75, 3.05) is 0 Å². The van der Waals surface area contributed by atoms with Crippen LogP contribution in [-0.2, 0) is 13.1 Å². The molecule has 0 saturated carbocycles. The van der Waals surface area contributed by atoms with Gasteiger partial charge in [0, 0.05) is 15.7 Å². The number of nitrogens with one attached hydrogen (secondary N) is 1. The van der Waals surface area contributed by atoms with Gasteiger partial charge in [-0.1, -0.05) is 35.9 Å². The SMILES string of the molecule is O=C(NCc1ccccc1Cn1cncn1)c1ccc(Cl)c(I)c1. The first-order chi connectivity index (χ1) is 11.6. The average molecular weight is 453 g/mol. The Morgan fingerprint density at radius 1 is 1.21 bits per heavy atom. The van der Waals surface area contributed by atoms with Crippen molar-refractivity contribution in [2.45, 2.75) is 13.1 Å². The van der Waals surface area contributed by atoms with Crippen molar-refractivity contribution >= 4 is 40.1 Å². The Morgan fingerprint density at radius 3 is 2.71 bits per heavy atom. The Morgan fingerprint density at radius 2 is 2.00 bits per heavy atom. The Balaban J connectivity index is 1.70. The first kappa shape index (κ1) is 16.9. The molecule has 3 rings (SSSR count). The van der Waals surface area contributed by atoms with Gasteiger partial charge in [0.05, 0.1) is 11.6 Å². The van der Waals surface area contributed by atoms with Crippen molar-refractivity contribution in [2.24, 2.45) is 0 Å². The second-order valence-corrected chi connectivity index (χ2v) is 6.74. The van der Waals surface area contributed by atoms with Crippen LogP contribution in [0.4, 0.5) is 0 Å². The van der Waals surface area contributed by atoms with E-state index in [2.05, 4.69) is 38.0 Å². The summed E-state index contributed by atoms with van der Waals surface area (Å²) in [4.78, 5) is 16.3. The molecule has 0 saturated heterocycles. The van der Waals surface area contributed by atoms with Crippen LogP contribution in [-0.4, -0.2) is 20.7 Å². The Hall–Kier alpha value is -1.93. The second kappa shape index (κ2) is 7.76. The minimum Gasteiger partial charge on any atom is -0.348 e. The lowest BCUT2D eigenvalue weighted by molar-refractivity contribution is 0.0951. The van der Waals surface area contributed by atoms with Crippen LogP contribution in [0.15, 0.2) is 55.1 Å². The van der Waals surface area contributed by atoms with Gasteiger partial charge in [-0.05, 0) is 51.9 Å². The lowest BCUT2D eigenvalue weighted by atomic mass is 10.1. The Kier molecular flexibility index (Phi) is 5.47. The van der Waals surface area contributed by atoms with Gasteiger partial charge in [-0.15, -0.1) is 0 Å². The minimum atomic E-state index is -0.125. The summed E-state index contributed by atoms with van der Waals surface area (Å²) >= 11 is 8.11. The molecule has 0 unspecified atom stereocenters. The van der Waals surface area contributed by atoms with Crippen LogP contribution in [0.25, 0.3) is 0 Å². The quantitative estimate of drug-likeness (QED) is 0.603. The number of hydrogen-bond donors (Lipinski definition) is 1. The number of benzene rings is 2. The molecule has 122 valence electrons. The molecule has 0 aliphatic rings. The molecular formula is C17H14ClIN4O. The van der Waals surface area contributed by atoms with Crippen molar-refractivity contribution in [3.05, 3.63) is 80.4 Å². The molecule has 3 aromatic rings. The first-order valence-corrected chi connectivity index (χ1v) is 8.71. The van der Waals surface area contributed by atoms with Crippen LogP contribution in [0.2, 0.25) is 5.02 Å². The van der Waals surface area contributed by atoms with Gasteiger partial charge in [0.25, 0.3) is 5.91 Å². The van der Waals surface area contributed by atoms with E-state index in [-0.39, 0.29) is 5.91 Å². The molecule has 5 nitrogen and oxygen atoms in total. The van der Waals surface area contributed by atoms with Crippen molar-refractivity contribution in [3.8, 4) is 0 Å². The molecule has 0 atom stereocenters. The highest BCUT2D eigenvalue weighted by atomic mass is 127. The van der Waals surface area contributed by atoms with Gasteiger partial charge in [0.1, 0.15) is 12.7 Å². The molecule has 0 radical (unpaired) electrons. The summed E-state index contributed by atoms with van der Waals surface area (Å²) in [6.45, 7) is 1.06. The van der Waals surface area contributed by atoms with Crippen molar-refractivity contribution in [1.82, 2.24) is 20.1 Å². The number of amides is 1. The number of halogens is 2. The zero-order valence-electron chi connectivity index (χ0n) is 12.6. The van der Waals surface area contributed by atoms with E-state index in [0.717, 1.165) is 14.7 Å². The van der Waals surface area contributed by atoms with E-state index in [1.807, 2.05) is 24.3 Å². The summed E-state index contributed by atoms with van der Waals surface area (Å²) in [5, 5.41) is 7.71. The van der Waals surface area contributed by atoms with Crippen molar-refractivity contribution < 1.29 is 4.79 Å². The fourth-order valence-corrected chi connectivity index (χ4v) is 2.92. The van der Waals surface area contributed by atoms with Crippen LogP contribution < -0.4 is 5.32 Å². The highest BCUT2D eigenvalue weighted by molar-refractivity contribution is 14.1. The maximum absolute atomic E-state index is 12.3.